The van der Waals surface area contributed by atoms with Crippen LogP contribution in [0.3, 0.4) is 0 Å². The Morgan fingerprint density at radius 2 is 2.04 bits per heavy atom. The van der Waals surface area contributed by atoms with E-state index in [0.29, 0.717) is 16.9 Å². The van der Waals surface area contributed by atoms with Crippen molar-refractivity contribution in [1.29, 1.82) is 0 Å². The van der Waals surface area contributed by atoms with Gasteiger partial charge in [0.1, 0.15) is 11.4 Å². The van der Waals surface area contributed by atoms with Crippen LogP contribution in [-0.2, 0) is 4.74 Å². The molecule has 1 N–H and O–H groups in total. The average molecular weight is 372 g/mol. The first kappa shape index (κ1) is 19.1. The molecule has 1 aromatic carbocycles. The number of ether oxygens (including phenoxy) is 1. The lowest BCUT2D eigenvalue weighted by Gasteiger charge is -2.24. The smallest absolute Gasteiger partial charge is 0.343 e. The van der Waals surface area contributed by atoms with Crippen molar-refractivity contribution in [2.45, 2.75) is 52.0 Å². The molecule has 1 aliphatic rings. The summed E-state index contributed by atoms with van der Waals surface area (Å²) in [6.45, 7) is 7.49. The lowest BCUT2D eigenvalue weighted by molar-refractivity contribution is 0.0524. The minimum atomic E-state index is -0.718. The lowest BCUT2D eigenvalue weighted by atomic mass is 9.95. The van der Waals surface area contributed by atoms with Crippen molar-refractivity contribution < 1.29 is 13.9 Å². The van der Waals surface area contributed by atoms with Gasteiger partial charge in [-0.05, 0) is 38.8 Å². The van der Waals surface area contributed by atoms with E-state index >= 15 is 0 Å². The number of anilines is 1. The van der Waals surface area contributed by atoms with Crippen LogP contribution < -0.4 is 10.7 Å². The third-order valence-corrected chi connectivity index (χ3v) is 4.96. The number of aromatic nitrogens is 1. The predicted molar refractivity (Wildman–Crippen MR) is 106 cm³/mol. The molecule has 2 aromatic rings. The van der Waals surface area contributed by atoms with Gasteiger partial charge in [-0.15, -0.1) is 0 Å². The maximum absolute atomic E-state index is 14.7. The van der Waals surface area contributed by atoms with E-state index in [-0.39, 0.29) is 23.6 Å². The molecule has 27 heavy (non-hydrogen) atoms. The summed E-state index contributed by atoms with van der Waals surface area (Å²) >= 11 is 0. The van der Waals surface area contributed by atoms with E-state index < -0.39 is 17.2 Å². The second-order valence-corrected chi connectivity index (χ2v) is 7.03. The predicted octanol–water partition coefficient (Wildman–Crippen LogP) is 4.55. The molecule has 1 fully saturated rings. The molecule has 1 aliphatic carbocycles. The summed E-state index contributed by atoms with van der Waals surface area (Å²) in [6.07, 6.45) is 6.91. The lowest BCUT2D eigenvalue weighted by Crippen LogP contribution is -2.24. The van der Waals surface area contributed by atoms with E-state index in [1.807, 2.05) is 0 Å². The van der Waals surface area contributed by atoms with Crippen LogP contribution in [0.4, 0.5) is 10.1 Å². The first-order chi connectivity index (χ1) is 12.9. The fraction of sp³-hybridized carbons (Fsp3) is 0.429. The van der Waals surface area contributed by atoms with E-state index in [1.165, 1.54) is 18.7 Å². The number of halogens is 1. The average Bonchev–Trinajstić information content (AvgIpc) is 2.64. The quantitative estimate of drug-likeness (QED) is 0.782. The van der Waals surface area contributed by atoms with E-state index in [9.17, 15) is 14.0 Å². The highest BCUT2D eigenvalue weighted by atomic mass is 19.1. The number of pyridine rings is 1. The van der Waals surface area contributed by atoms with Crippen LogP contribution >= 0.6 is 0 Å². The van der Waals surface area contributed by atoms with Gasteiger partial charge in [-0.3, -0.25) is 4.79 Å². The van der Waals surface area contributed by atoms with Crippen molar-refractivity contribution in [3.63, 3.8) is 0 Å². The third kappa shape index (κ3) is 3.89. The van der Waals surface area contributed by atoms with E-state index in [1.54, 1.807) is 24.5 Å². The van der Waals surface area contributed by atoms with Gasteiger partial charge in [0, 0.05) is 23.3 Å². The summed E-state index contributed by atoms with van der Waals surface area (Å²) in [4.78, 5) is 24.9. The number of hydrogen-bond donors (Lipinski definition) is 1. The molecule has 0 saturated heterocycles. The minimum absolute atomic E-state index is 0.125. The number of allylic oxidation sites excluding steroid dienone is 1. The van der Waals surface area contributed by atoms with E-state index in [2.05, 4.69) is 11.9 Å². The zero-order chi connectivity index (χ0) is 19.6. The Hall–Kier alpha value is -2.63. The molecule has 5 nitrogen and oxygen atoms in total. The summed E-state index contributed by atoms with van der Waals surface area (Å²) in [5.41, 5.74) is 0.831. The first-order valence-electron chi connectivity index (χ1n) is 9.40. The fourth-order valence-electron chi connectivity index (χ4n) is 3.59. The van der Waals surface area contributed by atoms with Crippen molar-refractivity contribution >= 4 is 28.3 Å². The Bertz CT molecular complexity index is 943. The van der Waals surface area contributed by atoms with Crippen LogP contribution in [-0.4, -0.2) is 23.2 Å². The third-order valence-electron chi connectivity index (χ3n) is 4.96. The molecule has 1 saturated carbocycles. The van der Waals surface area contributed by atoms with Crippen LogP contribution in [0.25, 0.3) is 16.6 Å². The summed E-state index contributed by atoms with van der Waals surface area (Å²) < 4.78 is 21.3. The van der Waals surface area contributed by atoms with Crippen LogP contribution in [0.5, 0.6) is 0 Å². The molecular weight excluding hydrogens is 347 g/mol. The Morgan fingerprint density at radius 3 is 2.67 bits per heavy atom. The Balaban J connectivity index is 2.13. The Labute approximate surface area is 157 Å². The van der Waals surface area contributed by atoms with E-state index in [4.69, 9.17) is 4.74 Å². The maximum atomic E-state index is 14.7. The number of fused-ring (bicyclic) bond motifs is 1. The van der Waals surface area contributed by atoms with Crippen molar-refractivity contribution in [2.75, 3.05) is 11.9 Å². The van der Waals surface area contributed by atoms with Gasteiger partial charge < -0.3 is 14.6 Å². The maximum Gasteiger partial charge on any atom is 0.343 e. The first-order valence-corrected chi connectivity index (χ1v) is 9.40. The Morgan fingerprint density at radius 1 is 1.33 bits per heavy atom. The fourth-order valence-corrected chi connectivity index (χ4v) is 3.59. The number of rotatable bonds is 5. The highest BCUT2D eigenvalue weighted by Crippen LogP contribution is 2.27. The zero-order valence-electron chi connectivity index (χ0n) is 15.8. The molecule has 144 valence electrons. The van der Waals surface area contributed by atoms with Crippen molar-refractivity contribution in [2.24, 2.45) is 0 Å². The van der Waals surface area contributed by atoms with Crippen LogP contribution in [0.15, 0.2) is 29.7 Å². The molecule has 1 heterocycles. The number of nitrogens with zero attached hydrogens (tertiary/aromatic N) is 1. The summed E-state index contributed by atoms with van der Waals surface area (Å²) in [5, 5.41) is 3.41. The number of benzene rings is 1. The minimum Gasteiger partial charge on any atom is -0.462 e. The monoisotopic (exact) mass is 372 g/mol. The van der Waals surface area contributed by atoms with Gasteiger partial charge in [0.25, 0.3) is 0 Å². The van der Waals surface area contributed by atoms with E-state index in [0.717, 1.165) is 25.7 Å². The Kier molecular flexibility index (Phi) is 5.63. The number of nitrogens with one attached hydrogen (secondary N) is 1. The van der Waals surface area contributed by atoms with Gasteiger partial charge in [0.15, 0.2) is 0 Å². The summed E-state index contributed by atoms with van der Waals surface area (Å²) in [5.74, 6) is -1.22. The van der Waals surface area contributed by atoms with Gasteiger partial charge in [-0.1, -0.05) is 25.8 Å². The molecule has 0 radical (unpaired) electrons. The highest BCUT2D eigenvalue weighted by Gasteiger charge is 2.20. The van der Waals surface area contributed by atoms with Crippen molar-refractivity contribution in [3.05, 3.63) is 46.5 Å². The number of hydrogen-bond acceptors (Lipinski definition) is 4. The van der Waals surface area contributed by atoms with Crippen molar-refractivity contribution in [3.8, 4) is 0 Å². The SMILES string of the molecule is C=C(C)n1cc(C(=O)OCC)c(=O)c2cc(F)c(NC3CCCCC3)cc21. The van der Waals surface area contributed by atoms with Gasteiger partial charge in [0.05, 0.1) is 17.8 Å². The second-order valence-electron chi connectivity index (χ2n) is 7.03. The van der Waals surface area contributed by atoms with Gasteiger partial charge in [-0.2, -0.15) is 0 Å². The molecule has 3 rings (SSSR count). The van der Waals surface area contributed by atoms with Gasteiger partial charge in [-0.25, -0.2) is 9.18 Å². The largest absolute Gasteiger partial charge is 0.462 e. The number of carbonyl (C=O) groups excluding carboxylic acids is 1. The molecule has 6 heteroatoms. The zero-order valence-corrected chi connectivity index (χ0v) is 15.8. The molecule has 0 atom stereocenters. The molecular formula is C21H25FN2O3. The molecule has 0 unspecified atom stereocenters. The second kappa shape index (κ2) is 7.94. The van der Waals surface area contributed by atoms with Crippen molar-refractivity contribution in [1.82, 2.24) is 4.57 Å². The molecule has 0 amide bonds. The number of carbonyl (C=O) groups is 1. The summed E-state index contributed by atoms with van der Waals surface area (Å²) in [6, 6.07) is 3.06. The van der Waals surface area contributed by atoms with Crippen LogP contribution in [0, 0.1) is 5.82 Å². The number of esters is 1. The highest BCUT2D eigenvalue weighted by molar-refractivity contribution is 5.95. The molecule has 0 spiro atoms. The standard InChI is InChI=1S/C21H25FN2O3/c1-4-27-21(26)16-12-24(13(2)3)19-11-18(17(22)10-15(19)20(16)25)23-14-8-6-5-7-9-14/h10-12,14,23H,2,4-9H2,1,3H3. The molecule has 1 aromatic heterocycles. The van der Waals surface area contributed by atoms with Crippen LogP contribution in [0.2, 0.25) is 0 Å². The topological polar surface area (TPSA) is 60.3 Å². The van der Waals surface area contributed by atoms with Gasteiger partial charge >= 0.3 is 5.97 Å². The van der Waals surface area contributed by atoms with Crippen LogP contribution in [0.1, 0.15) is 56.3 Å². The molecule has 0 bridgehead atoms. The normalized spacial score (nSPS) is 14.9. The molecule has 0 aliphatic heterocycles. The van der Waals surface area contributed by atoms with Gasteiger partial charge in [0.2, 0.25) is 5.43 Å². The summed E-state index contributed by atoms with van der Waals surface area (Å²) in [7, 11) is 0.